The van der Waals surface area contributed by atoms with Crippen LogP contribution >= 0.6 is 11.8 Å². The monoisotopic (exact) mass is 426 g/mol. The van der Waals surface area contributed by atoms with Crippen molar-refractivity contribution in [2.45, 2.75) is 42.7 Å². The summed E-state index contributed by atoms with van der Waals surface area (Å²) in [5.41, 5.74) is 0.931. The van der Waals surface area contributed by atoms with Crippen LogP contribution in [0.25, 0.3) is 0 Å². The van der Waals surface area contributed by atoms with Crippen molar-refractivity contribution in [3.05, 3.63) is 53.7 Å². The summed E-state index contributed by atoms with van der Waals surface area (Å²) >= 11 is 1.50. The van der Waals surface area contributed by atoms with Crippen LogP contribution in [0.4, 0.5) is 4.39 Å². The van der Waals surface area contributed by atoms with Gasteiger partial charge in [0.2, 0.25) is 15.9 Å². The molecule has 1 amide bonds. The minimum absolute atomic E-state index is 0.218. The third-order valence-electron chi connectivity index (χ3n) is 4.72. The van der Waals surface area contributed by atoms with Gasteiger partial charge in [-0.1, -0.05) is 12.1 Å². The third-order valence-corrected chi connectivity index (χ3v) is 6.87. The molecule has 2 aromatic rings. The molecule has 0 spiro atoms. The Kier molecular flexibility index (Phi) is 6.79. The summed E-state index contributed by atoms with van der Waals surface area (Å²) in [4.78, 5) is 12.4. The quantitative estimate of drug-likeness (QED) is 0.677. The molecular formula is C19H23FN2O4S2. The van der Waals surface area contributed by atoms with Gasteiger partial charge in [0, 0.05) is 12.0 Å². The molecule has 0 radical (unpaired) electrons. The van der Waals surface area contributed by atoms with Crippen molar-refractivity contribution in [1.29, 1.82) is 0 Å². The highest BCUT2D eigenvalue weighted by Gasteiger charge is 2.30. The fraction of sp³-hybridized carbons (Fsp3) is 0.421. The Morgan fingerprint density at radius 1 is 1.36 bits per heavy atom. The molecular weight excluding hydrogens is 403 g/mol. The first-order valence-corrected chi connectivity index (χ1v) is 11.9. The van der Waals surface area contributed by atoms with Crippen LogP contribution in [0.15, 0.2) is 45.9 Å². The maximum atomic E-state index is 14.0. The smallest absolute Gasteiger partial charge is 0.244 e. The molecule has 1 aliphatic rings. The van der Waals surface area contributed by atoms with Crippen molar-refractivity contribution in [1.82, 2.24) is 10.0 Å². The van der Waals surface area contributed by atoms with E-state index in [4.69, 9.17) is 4.42 Å². The van der Waals surface area contributed by atoms with Crippen molar-refractivity contribution in [3.63, 3.8) is 0 Å². The fourth-order valence-electron chi connectivity index (χ4n) is 3.30. The molecule has 1 aliphatic carbocycles. The van der Waals surface area contributed by atoms with Crippen LogP contribution in [-0.2, 0) is 21.2 Å². The number of hydrogen-bond donors (Lipinski definition) is 2. The summed E-state index contributed by atoms with van der Waals surface area (Å²) in [5.74, 6) is 0.158. The summed E-state index contributed by atoms with van der Waals surface area (Å²) in [7, 11) is -4.17. The van der Waals surface area contributed by atoms with Crippen LogP contribution in [0, 0.1) is 5.82 Å². The number of thioether (sulfide) groups is 1. The Hall–Kier alpha value is -1.84. The van der Waals surface area contributed by atoms with E-state index < -0.39 is 32.7 Å². The number of benzene rings is 1. The highest BCUT2D eigenvalue weighted by Crippen LogP contribution is 2.30. The van der Waals surface area contributed by atoms with Crippen LogP contribution in [0.3, 0.4) is 0 Å². The molecule has 1 aromatic heterocycles. The first-order chi connectivity index (χ1) is 13.4. The predicted molar refractivity (Wildman–Crippen MR) is 106 cm³/mol. The van der Waals surface area contributed by atoms with E-state index in [0.717, 1.165) is 36.7 Å². The van der Waals surface area contributed by atoms with Gasteiger partial charge in [-0.2, -0.15) is 16.5 Å². The predicted octanol–water partition coefficient (Wildman–Crippen LogP) is 3.01. The molecule has 3 rings (SSSR count). The standard InChI is InChI=1S/C19H23FN2O4S2/c1-27-12-10-16(22-28(24,25)18-8-3-2-5-14(18)20)19(23)21-15-6-4-7-17-13(15)9-11-26-17/h2-3,5,8-9,11,15-16,22H,4,6-7,10,12H2,1H3,(H,21,23). The summed E-state index contributed by atoms with van der Waals surface area (Å²) < 4.78 is 47.0. The molecule has 152 valence electrons. The maximum Gasteiger partial charge on any atom is 0.244 e. The number of hydrogen-bond acceptors (Lipinski definition) is 5. The largest absolute Gasteiger partial charge is 0.469 e. The SMILES string of the molecule is CSCCC(NS(=O)(=O)c1ccccc1F)C(=O)NC1CCCc2occc21. The molecule has 2 N–H and O–H groups in total. The van der Waals surface area contributed by atoms with Gasteiger partial charge in [-0.05, 0) is 49.5 Å². The summed E-state index contributed by atoms with van der Waals surface area (Å²) in [6.07, 6.45) is 6.23. The Balaban J connectivity index is 1.77. The van der Waals surface area contributed by atoms with Gasteiger partial charge >= 0.3 is 0 Å². The molecule has 0 bridgehead atoms. The van der Waals surface area contributed by atoms with Gasteiger partial charge in [-0.25, -0.2) is 12.8 Å². The van der Waals surface area contributed by atoms with E-state index in [2.05, 4.69) is 10.0 Å². The Morgan fingerprint density at radius 2 is 2.14 bits per heavy atom. The molecule has 0 saturated heterocycles. The van der Waals surface area contributed by atoms with Gasteiger partial charge in [0.1, 0.15) is 22.5 Å². The zero-order valence-corrected chi connectivity index (χ0v) is 17.1. The van der Waals surface area contributed by atoms with Crippen molar-refractivity contribution < 1.29 is 22.0 Å². The van der Waals surface area contributed by atoms with E-state index in [1.54, 1.807) is 6.26 Å². The topological polar surface area (TPSA) is 88.4 Å². The Labute approximate surface area is 168 Å². The second kappa shape index (κ2) is 9.11. The molecule has 2 atom stereocenters. The Bertz CT molecular complexity index is 930. The normalized spacial score (nSPS) is 17.7. The summed E-state index contributed by atoms with van der Waals surface area (Å²) in [6.45, 7) is 0. The van der Waals surface area contributed by atoms with Crippen LogP contribution in [0.1, 0.15) is 36.6 Å². The number of amides is 1. The van der Waals surface area contributed by atoms with Crippen LogP contribution in [-0.4, -0.2) is 32.4 Å². The molecule has 0 aliphatic heterocycles. The average Bonchev–Trinajstić information content (AvgIpc) is 3.15. The zero-order chi connectivity index (χ0) is 20.1. The lowest BCUT2D eigenvalue weighted by Crippen LogP contribution is -2.48. The minimum Gasteiger partial charge on any atom is -0.469 e. The van der Waals surface area contributed by atoms with Gasteiger partial charge in [-0.3, -0.25) is 4.79 Å². The number of sulfonamides is 1. The minimum atomic E-state index is -4.17. The van der Waals surface area contributed by atoms with E-state index in [-0.39, 0.29) is 6.04 Å². The van der Waals surface area contributed by atoms with Crippen molar-refractivity contribution in [2.24, 2.45) is 0 Å². The highest BCUT2D eigenvalue weighted by molar-refractivity contribution is 7.98. The Morgan fingerprint density at radius 3 is 2.89 bits per heavy atom. The molecule has 0 fully saturated rings. The van der Waals surface area contributed by atoms with Gasteiger partial charge in [-0.15, -0.1) is 0 Å². The van der Waals surface area contributed by atoms with Crippen LogP contribution in [0.5, 0.6) is 0 Å². The highest BCUT2D eigenvalue weighted by atomic mass is 32.2. The first kappa shape index (κ1) is 20.9. The van der Waals surface area contributed by atoms with Gasteiger partial charge in [0.15, 0.2) is 0 Å². The van der Waals surface area contributed by atoms with E-state index in [9.17, 15) is 17.6 Å². The fourth-order valence-corrected chi connectivity index (χ4v) is 5.08. The average molecular weight is 427 g/mol. The number of rotatable bonds is 8. The molecule has 28 heavy (non-hydrogen) atoms. The maximum absolute atomic E-state index is 14.0. The molecule has 1 heterocycles. The summed E-state index contributed by atoms with van der Waals surface area (Å²) in [5, 5.41) is 2.93. The number of aryl methyl sites for hydroxylation is 1. The lowest BCUT2D eigenvalue weighted by Gasteiger charge is -2.26. The number of carbonyl (C=O) groups excluding carboxylic acids is 1. The van der Waals surface area contributed by atoms with Crippen molar-refractivity contribution >= 4 is 27.7 Å². The number of fused-ring (bicyclic) bond motifs is 1. The van der Waals surface area contributed by atoms with E-state index in [1.165, 1.54) is 30.0 Å². The first-order valence-electron chi connectivity index (χ1n) is 9.05. The van der Waals surface area contributed by atoms with Gasteiger partial charge < -0.3 is 9.73 Å². The van der Waals surface area contributed by atoms with E-state index in [0.29, 0.717) is 12.2 Å². The molecule has 0 saturated carbocycles. The summed E-state index contributed by atoms with van der Waals surface area (Å²) in [6, 6.07) is 5.74. The van der Waals surface area contributed by atoms with Crippen LogP contribution < -0.4 is 10.0 Å². The van der Waals surface area contributed by atoms with Crippen molar-refractivity contribution in [2.75, 3.05) is 12.0 Å². The van der Waals surface area contributed by atoms with E-state index >= 15 is 0 Å². The third kappa shape index (κ3) is 4.76. The number of carbonyl (C=O) groups is 1. The molecule has 6 nitrogen and oxygen atoms in total. The van der Waals surface area contributed by atoms with Crippen molar-refractivity contribution in [3.8, 4) is 0 Å². The molecule has 2 unspecified atom stereocenters. The van der Waals surface area contributed by atoms with Gasteiger partial charge in [0.25, 0.3) is 0 Å². The lowest BCUT2D eigenvalue weighted by atomic mass is 9.93. The number of nitrogens with one attached hydrogen (secondary N) is 2. The van der Waals surface area contributed by atoms with Crippen LogP contribution in [0.2, 0.25) is 0 Å². The second-order valence-corrected chi connectivity index (χ2v) is 9.31. The number of halogens is 1. The molecule has 9 heteroatoms. The van der Waals surface area contributed by atoms with Gasteiger partial charge in [0.05, 0.1) is 12.3 Å². The zero-order valence-electron chi connectivity index (χ0n) is 15.5. The second-order valence-electron chi connectivity index (χ2n) is 6.64. The molecule has 1 aromatic carbocycles. The van der Waals surface area contributed by atoms with E-state index in [1.807, 2.05) is 12.3 Å². The lowest BCUT2D eigenvalue weighted by molar-refractivity contribution is -0.123. The number of furan rings is 1.